The summed E-state index contributed by atoms with van der Waals surface area (Å²) in [6.07, 6.45) is 3.28. The predicted molar refractivity (Wildman–Crippen MR) is 95.7 cm³/mol. The van der Waals surface area contributed by atoms with Gasteiger partial charge in [-0.05, 0) is 25.0 Å². The van der Waals surface area contributed by atoms with Crippen LogP contribution in [0.5, 0.6) is 5.88 Å². The molecule has 0 saturated carbocycles. The van der Waals surface area contributed by atoms with E-state index in [2.05, 4.69) is 15.3 Å². The number of nitrogens with zero attached hydrogens (tertiary/aromatic N) is 3. The van der Waals surface area contributed by atoms with Gasteiger partial charge < -0.3 is 10.1 Å². The van der Waals surface area contributed by atoms with Crippen LogP contribution in [0.4, 0.5) is 5.69 Å². The molecule has 0 spiro atoms. The van der Waals surface area contributed by atoms with Gasteiger partial charge in [-0.25, -0.2) is 9.97 Å². The molecule has 25 heavy (non-hydrogen) atoms. The van der Waals surface area contributed by atoms with E-state index in [0.717, 1.165) is 18.7 Å². The Morgan fingerprint density at radius 3 is 2.96 bits per heavy atom. The number of amides is 1. The van der Waals surface area contributed by atoms with Crippen LogP contribution in [0.3, 0.4) is 0 Å². The third-order valence-corrected chi connectivity index (χ3v) is 5.51. The Bertz CT molecular complexity index is 1040. The molecule has 0 radical (unpaired) electrons. The molecular formula is C17H16N4O3S. The van der Waals surface area contributed by atoms with Gasteiger partial charge in [0.25, 0.3) is 11.5 Å². The fourth-order valence-electron chi connectivity index (χ4n) is 3.05. The minimum Gasteiger partial charge on any atom is -0.481 e. The minimum atomic E-state index is -0.267. The lowest BCUT2D eigenvalue weighted by molar-refractivity contribution is 0.103. The van der Waals surface area contributed by atoms with Crippen molar-refractivity contribution < 1.29 is 9.53 Å². The minimum absolute atomic E-state index is 0.0450. The highest BCUT2D eigenvalue weighted by Crippen LogP contribution is 2.29. The summed E-state index contributed by atoms with van der Waals surface area (Å²) in [4.78, 5) is 35.1. The van der Waals surface area contributed by atoms with Crippen LogP contribution < -0.4 is 15.6 Å². The Kier molecular flexibility index (Phi) is 3.76. The third-order valence-electron chi connectivity index (χ3n) is 4.32. The summed E-state index contributed by atoms with van der Waals surface area (Å²) in [5, 5.41) is 3.35. The van der Waals surface area contributed by atoms with Crippen LogP contribution in [0.25, 0.3) is 10.2 Å². The summed E-state index contributed by atoms with van der Waals surface area (Å²) in [7, 11) is 1.53. The maximum atomic E-state index is 12.7. The van der Waals surface area contributed by atoms with Crippen molar-refractivity contribution in [3.8, 4) is 5.88 Å². The lowest BCUT2D eigenvalue weighted by Gasteiger charge is -2.05. The number of hydrogen-bond donors (Lipinski definition) is 1. The van der Waals surface area contributed by atoms with Crippen molar-refractivity contribution in [2.75, 3.05) is 12.4 Å². The van der Waals surface area contributed by atoms with Crippen LogP contribution in [0.2, 0.25) is 0 Å². The first-order chi connectivity index (χ1) is 12.1. The second kappa shape index (κ2) is 5.96. The highest BCUT2D eigenvalue weighted by atomic mass is 32.1. The molecule has 0 aromatic carbocycles. The summed E-state index contributed by atoms with van der Waals surface area (Å²) in [6, 6.07) is 3.39. The van der Waals surface area contributed by atoms with E-state index >= 15 is 0 Å². The molecule has 0 bridgehead atoms. The smallest absolute Gasteiger partial charge is 0.266 e. The zero-order valence-electron chi connectivity index (χ0n) is 13.8. The van der Waals surface area contributed by atoms with Crippen LogP contribution in [0, 0.1) is 6.92 Å². The molecule has 1 amide bonds. The van der Waals surface area contributed by atoms with Gasteiger partial charge in [-0.15, -0.1) is 11.3 Å². The number of nitrogens with one attached hydrogen (secondary N) is 1. The SMILES string of the molecule is COc1ccc(NC(=O)c2sc3nc4n(c(=O)c3c2C)CCC4)cn1. The van der Waals surface area contributed by atoms with Gasteiger partial charge in [0.2, 0.25) is 5.88 Å². The Labute approximate surface area is 147 Å². The Hall–Kier alpha value is -2.74. The molecule has 0 aliphatic carbocycles. The number of rotatable bonds is 3. The molecule has 8 heteroatoms. The fraction of sp³-hybridized carbons (Fsp3) is 0.294. The quantitative estimate of drug-likeness (QED) is 0.779. The Balaban J connectivity index is 1.71. The fourth-order valence-corrected chi connectivity index (χ4v) is 4.14. The molecule has 3 aromatic heterocycles. The van der Waals surface area contributed by atoms with E-state index in [9.17, 15) is 9.59 Å². The third kappa shape index (κ3) is 2.58. The summed E-state index contributed by atoms with van der Waals surface area (Å²) in [6.45, 7) is 2.50. The Morgan fingerprint density at radius 1 is 1.40 bits per heavy atom. The first-order valence-electron chi connectivity index (χ1n) is 7.92. The molecule has 0 saturated heterocycles. The summed E-state index contributed by atoms with van der Waals surface area (Å²) >= 11 is 1.26. The molecule has 7 nitrogen and oxygen atoms in total. The van der Waals surface area contributed by atoms with Gasteiger partial charge in [-0.2, -0.15) is 0 Å². The molecule has 4 heterocycles. The number of carbonyl (C=O) groups is 1. The van der Waals surface area contributed by atoms with Crippen molar-refractivity contribution in [3.63, 3.8) is 0 Å². The van der Waals surface area contributed by atoms with Gasteiger partial charge in [0.15, 0.2) is 0 Å². The van der Waals surface area contributed by atoms with Crippen molar-refractivity contribution in [2.45, 2.75) is 26.3 Å². The summed E-state index contributed by atoms with van der Waals surface area (Å²) in [5.41, 5.74) is 1.20. The number of anilines is 1. The van der Waals surface area contributed by atoms with Gasteiger partial charge in [0.05, 0.1) is 29.3 Å². The first-order valence-corrected chi connectivity index (χ1v) is 8.74. The zero-order chi connectivity index (χ0) is 17.6. The van der Waals surface area contributed by atoms with E-state index in [1.165, 1.54) is 24.6 Å². The van der Waals surface area contributed by atoms with E-state index in [1.807, 2.05) is 0 Å². The number of fused-ring (bicyclic) bond motifs is 2. The average molecular weight is 356 g/mol. The van der Waals surface area contributed by atoms with Crippen molar-refractivity contribution in [2.24, 2.45) is 0 Å². The predicted octanol–water partition coefficient (Wildman–Crippen LogP) is 2.37. The monoisotopic (exact) mass is 356 g/mol. The molecular weight excluding hydrogens is 340 g/mol. The highest BCUT2D eigenvalue weighted by molar-refractivity contribution is 7.20. The first kappa shape index (κ1) is 15.8. The van der Waals surface area contributed by atoms with Crippen LogP contribution in [-0.4, -0.2) is 27.6 Å². The molecule has 1 aliphatic rings. The molecule has 0 atom stereocenters. The maximum Gasteiger partial charge on any atom is 0.266 e. The van der Waals surface area contributed by atoms with E-state index < -0.39 is 0 Å². The van der Waals surface area contributed by atoms with Gasteiger partial charge in [0, 0.05) is 19.0 Å². The number of methoxy groups -OCH3 is 1. The number of aryl methyl sites for hydroxylation is 2. The molecule has 128 valence electrons. The second-order valence-corrected chi connectivity index (χ2v) is 6.87. The van der Waals surface area contributed by atoms with Crippen LogP contribution >= 0.6 is 11.3 Å². The van der Waals surface area contributed by atoms with Crippen molar-refractivity contribution in [3.05, 3.63) is 44.9 Å². The van der Waals surface area contributed by atoms with Crippen molar-refractivity contribution in [1.82, 2.24) is 14.5 Å². The largest absolute Gasteiger partial charge is 0.481 e. The molecule has 0 fully saturated rings. The van der Waals surface area contributed by atoms with Crippen LogP contribution in [-0.2, 0) is 13.0 Å². The van der Waals surface area contributed by atoms with Crippen molar-refractivity contribution in [1.29, 1.82) is 0 Å². The van der Waals surface area contributed by atoms with Gasteiger partial charge in [0.1, 0.15) is 10.7 Å². The molecule has 0 unspecified atom stereocenters. The Morgan fingerprint density at radius 2 is 2.24 bits per heavy atom. The normalized spacial score (nSPS) is 13.0. The van der Waals surface area contributed by atoms with E-state index in [0.29, 0.717) is 38.8 Å². The number of pyridine rings is 1. The number of aromatic nitrogens is 3. The molecule has 3 aromatic rings. The number of carbonyl (C=O) groups excluding carboxylic acids is 1. The summed E-state index contributed by atoms with van der Waals surface area (Å²) in [5.74, 6) is 1.02. The topological polar surface area (TPSA) is 86.1 Å². The van der Waals surface area contributed by atoms with E-state index in [-0.39, 0.29) is 11.5 Å². The molecule has 4 rings (SSSR count). The van der Waals surface area contributed by atoms with Crippen molar-refractivity contribution >= 4 is 33.1 Å². The van der Waals surface area contributed by atoms with Gasteiger partial charge in [-0.3, -0.25) is 14.2 Å². The van der Waals surface area contributed by atoms with Crippen LogP contribution in [0.15, 0.2) is 23.1 Å². The number of thiophene rings is 1. The van der Waals surface area contributed by atoms with Gasteiger partial charge in [-0.1, -0.05) is 0 Å². The molecule has 1 N–H and O–H groups in total. The zero-order valence-corrected chi connectivity index (χ0v) is 14.6. The van der Waals surface area contributed by atoms with E-state index in [4.69, 9.17) is 4.74 Å². The van der Waals surface area contributed by atoms with Crippen LogP contribution in [0.1, 0.15) is 27.5 Å². The number of hydrogen-bond acceptors (Lipinski definition) is 6. The maximum absolute atomic E-state index is 12.7. The standard InChI is InChI=1S/C17H16N4O3S/c1-9-13-16(20-11-4-3-7-21(11)17(13)23)25-14(9)15(22)19-10-5-6-12(24-2)18-8-10/h5-6,8H,3-4,7H2,1-2H3,(H,19,22). The van der Waals surface area contributed by atoms with Gasteiger partial charge >= 0.3 is 0 Å². The lowest BCUT2D eigenvalue weighted by atomic mass is 10.2. The highest BCUT2D eigenvalue weighted by Gasteiger charge is 2.23. The summed E-state index contributed by atoms with van der Waals surface area (Å²) < 4.78 is 6.72. The second-order valence-electron chi connectivity index (χ2n) is 5.87. The molecule has 1 aliphatic heterocycles. The lowest BCUT2D eigenvalue weighted by Crippen LogP contribution is -2.20. The number of ether oxygens (including phenoxy) is 1. The van der Waals surface area contributed by atoms with E-state index in [1.54, 1.807) is 23.6 Å². The average Bonchev–Trinajstić information content (AvgIpc) is 3.21.